The first-order chi connectivity index (χ1) is 11.8. The Morgan fingerprint density at radius 3 is 2.96 bits per heavy atom. The highest BCUT2D eigenvalue weighted by Crippen LogP contribution is 2.33. The minimum Gasteiger partial charge on any atom is -0.465 e. The van der Waals surface area contributed by atoms with Crippen LogP contribution < -0.4 is 0 Å². The summed E-state index contributed by atoms with van der Waals surface area (Å²) in [5.74, 6) is 2.08. The van der Waals surface area contributed by atoms with E-state index in [0.29, 0.717) is 0 Å². The number of aromatic nitrogens is 3. The minimum atomic E-state index is 0.0703. The van der Waals surface area contributed by atoms with Gasteiger partial charge in [-0.25, -0.2) is 4.98 Å². The molecule has 4 heterocycles. The van der Waals surface area contributed by atoms with Gasteiger partial charge in [0.2, 0.25) is 0 Å². The third-order valence-electron chi connectivity index (χ3n) is 4.57. The molecule has 1 aliphatic rings. The number of hydrogen-bond donors (Lipinski definition) is 1. The number of nitrogens with one attached hydrogen (secondary N) is 1. The second-order valence-corrected chi connectivity index (χ2v) is 6.26. The fraction of sp³-hybridized carbons (Fsp3) is 0.368. The van der Waals surface area contributed by atoms with Crippen LogP contribution in [0.4, 0.5) is 0 Å². The maximum Gasteiger partial charge on any atom is 0.118 e. The molecular formula is C19H22N4O. The van der Waals surface area contributed by atoms with E-state index in [1.165, 1.54) is 5.69 Å². The largest absolute Gasteiger partial charge is 0.465 e. The summed E-state index contributed by atoms with van der Waals surface area (Å²) in [6, 6.07) is 10.3. The molecule has 124 valence electrons. The SMILES string of the molecule is CCCc1ccc(CN2CCc3[nH]cnc3C2c2ccccn2)o1. The highest BCUT2D eigenvalue weighted by Gasteiger charge is 2.32. The summed E-state index contributed by atoms with van der Waals surface area (Å²) >= 11 is 0. The summed E-state index contributed by atoms with van der Waals surface area (Å²) in [5.41, 5.74) is 3.33. The number of H-pyrrole nitrogens is 1. The molecule has 0 bridgehead atoms. The summed E-state index contributed by atoms with van der Waals surface area (Å²) in [4.78, 5) is 14.8. The molecule has 0 amide bonds. The van der Waals surface area contributed by atoms with E-state index in [1.54, 1.807) is 6.33 Å². The summed E-state index contributed by atoms with van der Waals surface area (Å²) in [6.45, 7) is 3.90. The Kier molecular flexibility index (Phi) is 4.17. The van der Waals surface area contributed by atoms with E-state index in [0.717, 1.165) is 55.3 Å². The molecule has 1 N–H and O–H groups in total. The number of imidazole rings is 1. The molecule has 0 spiro atoms. The van der Waals surface area contributed by atoms with Crippen LogP contribution in [-0.2, 0) is 19.4 Å². The lowest BCUT2D eigenvalue weighted by molar-refractivity contribution is 0.181. The first-order valence-electron chi connectivity index (χ1n) is 8.60. The molecule has 5 heteroatoms. The van der Waals surface area contributed by atoms with E-state index in [-0.39, 0.29) is 6.04 Å². The van der Waals surface area contributed by atoms with Gasteiger partial charge >= 0.3 is 0 Å². The van der Waals surface area contributed by atoms with Gasteiger partial charge in [-0.3, -0.25) is 9.88 Å². The van der Waals surface area contributed by atoms with Crippen molar-refractivity contribution in [2.75, 3.05) is 6.54 Å². The van der Waals surface area contributed by atoms with Gasteiger partial charge < -0.3 is 9.40 Å². The number of hydrogen-bond acceptors (Lipinski definition) is 4. The maximum atomic E-state index is 5.99. The zero-order valence-electron chi connectivity index (χ0n) is 13.9. The van der Waals surface area contributed by atoms with Crippen molar-refractivity contribution in [3.63, 3.8) is 0 Å². The van der Waals surface area contributed by atoms with Gasteiger partial charge in [0.1, 0.15) is 11.5 Å². The number of furan rings is 1. The lowest BCUT2D eigenvalue weighted by atomic mass is 9.99. The number of rotatable bonds is 5. The molecule has 24 heavy (non-hydrogen) atoms. The van der Waals surface area contributed by atoms with E-state index in [4.69, 9.17) is 4.42 Å². The Morgan fingerprint density at radius 1 is 1.21 bits per heavy atom. The highest BCUT2D eigenvalue weighted by molar-refractivity contribution is 5.28. The van der Waals surface area contributed by atoms with E-state index >= 15 is 0 Å². The van der Waals surface area contributed by atoms with Crippen molar-refractivity contribution in [2.24, 2.45) is 0 Å². The van der Waals surface area contributed by atoms with Crippen molar-refractivity contribution in [1.82, 2.24) is 19.9 Å². The maximum absolute atomic E-state index is 5.99. The van der Waals surface area contributed by atoms with Crippen LogP contribution in [0.3, 0.4) is 0 Å². The van der Waals surface area contributed by atoms with Crippen LogP contribution in [0.2, 0.25) is 0 Å². The lowest BCUT2D eigenvalue weighted by Crippen LogP contribution is -2.36. The molecule has 0 aromatic carbocycles. The predicted octanol–water partition coefficient (Wildman–Crippen LogP) is 3.50. The van der Waals surface area contributed by atoms with Crippen LogP contribution in [0.15, 0.2) is 47.3 Å². The molecule has 0 fully saturated rings. The third-order valence-corrected chi connectivity index (χ3v) is 4.57. The Morgan fingerprint density at radius 2 is 2.12 bits per heavy atom. The van der Waals surface area contributed by atoms with Crippen LogP contribution >= 0.6 is 0 Å². The van der Waals surface area contributed by atoms with Crippen LogP contribution in [-0.4, -0.2) is 26.4 Å². The molecule has 3 aromatic rings. The molecule has 5 nitrogen and oxygen atoms in total. The van der Waals surface area contributed by atoms with Gasteiger partial charge in [-0.1, -0.05) is 13.0 Å². The van der Waals surface area contributed by atoms with Gasteiger partial charge in [-0.15, -0.1) is 0 Å². The van der Waals surface area contributed by atoms with Crippen molar-refractivity contribution in [1.29, 1.82) is 0 Å². The van der Waals surface area contributed by atoms with Gasteiger partial charge in [-0.2, -0.15) is 0 Å². The number of fused-ring (bicyclic) bond motifs is 1. The summed E-state index contributed by atoms with van der Waals surface area (Å²) < 4.78 is 5.99. The van der Waals surface area contributed by atoms with E-state index in [9.17, 15) is 0 Å². The van der Waals surface area contributed by atoms with E-state index in [1.807, 2.05) is 18.3 Å². The van der Waals surface area contributed by atoms with E-state index < -0.39 is 0 Å². The number of pyridine rings is 1. The van der Waals surface area contributed by atoms with Gasteiger partial charge in [0.25, 0.3) is 0 Å². The summed E-state index contributed by atoms with van der Waals surface area (Å²) in [5, 5.41) is 0. The minimum absolute atomic E-state index is 0.0703. The molecule has 0 saturated heterocycles. The van der Waals surface area contributed by atoms with Crippen LogP contribution in [0.5, 0.6) is 0 Å². The quantitative estimate of drug-likeness (QED) is 0.781. The molecule has 3 aromatic heterocycles. The summed E-state index contributed by atoms with van der Waals surface area (Å²) in [6.07, 6.45) is 6.70. The van der Waals surface area contributed by atoms with Crippen molar-refractivity contribution >= 4 is 0 Å². The zero-order chi connectivity index (χ0) is 16.4. The molecule has 1 unspecified atom stereocenters. The Labute approximate surface area is 141 Å². The Bertz CT molecular complexity index is 793. The standard InChI is InChI=1S/C19H22N4O/c1-2-5-14-7-8-15(24-14)12-23-11-9-16-18(22-13-21-16)19(23)17-6-3-4-10-20-17/h3-4,6-8,10,13,19H,2,5,9,11-12H2,1H3,(H,21,22). The van der Waals surface area contributed by atoms with Gasteiger partial charge in [-0.05, 0) is 30.7 Å². The third kappa shape index (κ3) is 2.87. The smallest absolute Gasteiger partial charge is 0.118 e. The fourth-order valence-electron chi connectivity index (χ4n) is 3.45. The highest BCUT2D eigenvalue weighted by atomic mass is 16.3. The van der Waals surface area contributed by atoms with Crippen molar-refractivity contribution in [3.8, 4) is 0 Å². The van der Waals surface area contributed by atoms with Crippen LogP contribution in [0.25, 0.3) is 0 Å². The van der Waals surface area contributed by atoms with Gasteiger partial charge in [0.05, 0.1) is 30.3 Å². The number of nitrogens with zero attached hydrogens (tertiary/aromatic N) is 3. The number of aromatic amines is 1. The Balaban J connectivity index is 1.63. The topological polar surface area (TPSA) is 58.0 Å². The van der Waals surface area contributed by atoms with Crippen molar-refractivity contribution < 1.29 is 4.42 Å². The van der Waals surface area contributed by atoms with Gasteiger partial charge in [0, 0.05) is 31.3 Å². The average Bonchev–Trinajstić information content (AvgIpc) is 3.25. The monoisotopic (exact) mass is 322 g/mol. The number of aryl methyl sites for hydroxylation is 1. The Hall–Kier alpha value is -2.40. The van der Waals surface area contributed by atoms with Crippen molar-refractivity contribution in [2.45, 2.75) is 38.8 Å². The lowest BCUT2D eigenvalue weighted by Gasteiger charge is -2.33. The summed E-state index contributed by atoms with van der Waals surface area (Å²) in [7, 11) is 0. The predicted molar refractivity (Wildman–Crippen MR) is 91.5 cm³/mol. The first-order valence-corrected chi connectivity index (χ1v) is 8.60. The van der Waals surface area contributed by atoms with E-state index in [2.05, 4.69) is 45.0 Å². The molecule has 0 saturated carbocycles. The first kappa shape index (κ1) is 15.1. The molecule has 0 aliphatic carbocycles. The van der Waals surface area contributed by atoms with Gasteiger partial charge in [0.15, 0.2) is 0 Å². The average molecular weight is 322 g/mol. The van der Waals surface area contributed by atoms with Crippen LogP contribution in [0.1, 0.15) is 48.0 Å². The second-order valence-electron chi connectivity index (χ2n) is 6.26. The molecule has 4 rings (SSSR count). The molecular weight excluding hydrogens is 300 g/mol. The van der Waals surface area contributed by atoms with Crippen molar-refractivity contribution in [3.05, 3.63) is 71.5 Å². The molecule has 1 aliphatic heterocycles. The molecule has 0 radical (unpaired) electrons. The second kappa shape index (κ2) is 6.61. The molecule has 1 atom stereocenters. The fourth-order valence-corrected chi connectivity index (χ4v) is 3.45. The van der Waals surface area contributed by atoms with Crippen LogP contribution in [0, 0.1) is 0 Å². The normalized spacial score (nSPS) is 17.8. The zero-order valence-corrected chi connectivity index (χ0v) is 13.9.